The van der Waals surface area contributed by atoms with Crippen molar-refractivity contribution in [2.45, 2.75) is 45.3 Å². The van der Waals surface area contributed by atoms with E-state index in [0.717, 1.165) is 35.9 Å². The van der Waals surface area contributed by atoms with Crippen LogP contribution in [0, 0.1) is 24.0 Å². The Morgan fingerprint density at radius 2 is 2.15 bits per heavy atom. The first-order chi connectivity index (χ1) is 12.3. The minimum absolute atomic E-state index is 0.113. The lowest BCUT2D eigenvalue weighted by molar-refractivity contribution is -0.383. The summed E-state index contributed by atoms with van der Waals surface area (Å²) in [5, 5.41) is 14.7. The SMILES string of the molecule is CCCCn1c(SCC(=O)Nc2ccc(Cl)cc2[N+](=O)[O-])nc(C)c1C. The largest absolute Gasteiger partial charge is 0.323 e. The van der Waals surface area contributed by atoms with E-state index in [1.54, 1.807) is 0 Å². The van der Waals surface area contributed by atoms with Gasteiger partial charge in [0.2, 0.25) is 5.91 Å². The molecule has 0 radical (unpaired) electrons. The number of hydrogen-bond donors (Lipinski definition) is 1. The standard InChI is InChI=1S/C17H21ClN4O3S/c1-4-5-8-21-12(3)11(2)19-17(21)26-10-16(23)20-14-7-6-13(18)9-15(14)22(24)25/h6-7,9H,4-5,8,10H2,1-3H3,(H,20,23). The highest BCUT2D eigenvalue weighted by atomic mass is 35.5. The number of aromatic nitrogens is 2. The number of halogens is 1. The maximum Gasteiger partial charge on any atom is 0.294 e. The van der Waals surface area contributed by atoms with Gasteiger partial charge in [0, 0.05) is 23.3 Å². The molecule has 26 heavy (non-hydrogen) atoms. The van der Waals surface area contributed by atoms with Crippen LogP contribution < -0.4 is 5.32 Å². The van der Waals surface area contributed by atoms with Crippen LogP contribution in [0.2, 0.25) is 5.02 Å². The summed E-state index contributed by atoms with van der Waals surface area (Å²) >= 11 is 7.10. The van der Waals surface area contributed by atoms with Gasteiger partial charge in [-0.2, -0.15) is 0 Å². The average molecular weight is 397 g/mol. The van der Waals surface area contributed by atoms with Gasteiger partial charge in [-0.15, -0.1) is 0 Å². The third kappa shape index (κ3) is 4.98. The fourth-order valence-electron chi connectivity index (χ4n) is 2.39. The second-order valence-corrected chi connectivity index (χ2v) is 7.20. The molecule has 2 aromatic rings. The Bertz CT molecular complexity index is 823. The van der Waals surface area contributed by atoms with Crippen LogP contribution in [0.1, 0.15) is 31.2 Å². The van der Waals surface area contributed by atoms with Crippen molar-refractivity contribution in [3.05, 3.63) is 44.7 Å². The van der Waals surface area contributed by atoms with Crippen molar-refractivity contribution in [1.82, 2.24) is 9.55 Å². The topological polar surface area (TPSA) is 90.1 Å². The van der Waals surface area contributed by atoms with Crippen molar-refractivity contribution >= 4 is 40.6 Å². The van der Waals surface area contributed by atoms with Crippen LogP contribution in [0.3, 0.4) is 0 Å². The molecule has 0 aliphatic rings. The van der Waals surface area contributed by atoms with Crippen LogP contribution in [0.15, 0.2) is 23.4 Å². The molecule has 0 aliphatic carbocycles. The molecule has 0 atom stereocenters. The number of anilines is 1. The Hall–Kier alpha value is -2.06. The molecule has 9 heteroatoms. The second kappa shape index (κ2) is 9.05. The smallest absolute Gasteiger partial charge is 0.294 e. The monoisotopic (exact) mass is 396 g/mol. The van der Waals surface area contributed by atoms with E-state index in [-0.39, 0.29) is 28.1 Å². The molecule has 0 saturated carbocycles. The molecule has 1 heterocycles. The third-order valence-corrected chi connectivity index (χ3v) is 5.13. The van der Waals surface area contributed by atoms with Gasteiger partial charge in [-0.1, -0.05) is 36.7 Å². The van der Waals surface area contributed by atoms with Crippen molar-refractivity contribution in [2.75, 3.05) is 11.1 Å². The van der Waals surface area contributed by atoms with Gasteiger partial charge in [-0.05, 0) is 32.4 Å². The lowest BCUT2D eigenvalue weighted by Gasteiger charge is -2.09. The Morgan fingerprint density at radius 1 is 1.42 bits per heavy atom. The van der Waals surface area contributed by atoms with Crippen LogP contribution in [0.5, 0.6) is 0 Å². The van der Waals surface area contributed by atoms with Crippen molar-refractivity contribution in [2.24, 2.45) is 0 Å². The molecule has 0 saturated heterocycles. The van der Waals surface area contributed by atoms with Crippen molar-refractivity contribution in [3.8, 4) is 0 Å². The van der Waals surface area contributed by atoms with E-state index in [0.29, 0.717) is 0 Å². The molecule has 1 amide bonds. The first kappa shape index (κ1) is 20.3. The van der Waals surface area contributed by atoms with Crippen LogP contribution in [0.4, 0.5) is 11.4 Å². The minimum atomic E-state index is -0.571. The summed E-state index contributed by atoms with van der Waals surface area (Å²) in [5.41, 5.74) is 1.94. The normalized spacial score (nSPS) is 10.8. The molecule has 1 aromatic heterocycles. The van der Waals surface area contributed by atoms with E-state index in [2.05, 4.69) is 21.8 Å². The number of nitrogens with one attached hydrogen (secondary N) is 1. The van der Waals surface area contributed by atoms with Crippen molar-refractivity contribution in [1.29, 1.82) is 0 Å². The number of carbonyl (C=O) groups excluding carboxylic acids is 1. The Kier molecular flexibility index (Phi) is 7.05. The Morgan fingerprint density at radius 3 is 2.81 bits per heavy atom. The number of imidazole rings is 1. The summed E-state index contributed by atoms with van der Waals surface area (Å²) < 4.78 is 2.11. The Balaban J connectivity index is 2.06. The first-order valence-corrected chi connectivity index (χ1v) is 9.60. The molecule has 0 unspecified atom stereocenters. The number of nitrogens with zero attached hydrogens (tertiary/aromatic N) is 3. The molecule has 1 aromatic carbocycles. The number of nitro benzene ring substituents is 1. The highest BCUT2D eigenvalue weighted by molar-refractivity contribution is 7.99. The molecule has 0 aliphatic heterocycles. The summed E-state index contributed by atoms with van der Waals surface area (Å²) in [6.07, 6.45) is 2.11. The number of thioether (sulfide) groups is 1. The van der Waals surface area contributed by atoms with Gasteiger partial charge >= 0.3 is 0 Å². The Labute approximate surface area is 161 Å². The van der Waals surface area contributed by atoms with E-state index in [1.807, 2.05) is 13.8 Å². The van der Waals surface area contributed by atoms with Crippen LogP contribution in [0.25, 0.3) is 0 Å². The van der Waals surface area contributed by atoms with Gasteiger partial charge in [0.1, 0.15) is 5.69 Å². The number of aryl methyl sites for hydroxylation is 1. The highest BCUT2D eigenvalue weighted by Gasteiger charge is 2.18. The highest BCUT2D eigenvalue weighted by Crippen LogP contribution is 2.28. The van der Waals surface area contributed by atoms with Crippen molar-refractivity contribution < 1.29 is 9.72 Å². The van der Waals surface area contributed by atoms with Crippen molar-refractivity contribution in [3.63, 3.8) is 0 Å². The maximum absolute atomic E-state index is 12.2. The number of rotatable bonds is 8. The van der Waals surface area contributed by atoms with Gasteiger partial charge in [0.25, 0.3) is 5.69 Å². The van der Waals surface area contributed by atoms with E-state index in [9.17, 15) is 14.9 Å². The molecule has 2 rings (SSSR count). The number of benzene rings is 1. The summed E-state index contributed by atoms with van der Waals surface area (Å²) in [6, 6.07) is 4.15. The van der Waals surface area contributed by atoms with E-state index in [1.165, 1.54) is 30.0 Å². The summed E-state index contributed by atoms with van der Waals surface area (Å²) in [7, 11) is 0. The summed E-state index contributed by atoms with van der Waals surface area (Å²) in [6.45, 7) is 6.94. The summed E-state index contributed by atoms with van der Waals surface area (Å²) in [5.74, 6) is -0.220. The van der Waals surface area contributed by atoms with Crippen LogP contribution in [-0.4, -0.2) is 26.1 Å². The summed E-state index contributed by atoms with van der Waals surface area (Å²) in [4.78, 5) is 27.3. The van der Waals surface area contributed by atoms with E-state index in [4.69, 9.17) is 11.6 Å². The first-order valence-electron chi connectivity index (χ1n) is 8.23. The predicted molar refractivity (Wildman–Crippen MR) is 104 cm³/mol. The molecular weight excluding hydrogens is 376 g/mol. The quantitative estimate of drug-likeness (QED) is 0.400. The molecule has 0 bridgehead atoms. The molecule has 1 N–H and O–H groups in total. The molecular formula is C17H21ClN4O3S. The minimum Gasteiger partial charge on any atom is -0.323 e. The van der Waals surface area contributed by atoms with E-state index < -0.39 is 4.92 Å². The van der Waals surface area contributed by atoms with Crippen LogP contribution >= 0.6 is 23.4 Å². The number of amides is 1. The zero-order valence-corrected chi connectivity index (χ0v) is 16.5. The third-order valence-electron chi connectivity index (χ3n) is 3.92. The van der Waals surface area contributed by atoms with Gasteiger partial charge < -0.3 is 9.88 Å². The predicted octanol–water partition coefficient (Wildman–Crippen LogP) is 4.59. The number of nitro groups is 1. The lowest BCUT2D eigenvalue weighted by Crippen LogP contribution is -2.15. The fraction of sp³-hybridized carbons (Fsp3) is 0.412. The van der Waals surface area contributed by atoms with Gasteiger partial charge in [0.15, 0.2) is 5.16 Å². The number of hydrogen-bond acceptors (Lipinski definition) is 5. The van der Waals surface area contributed by atoms with Gasteiger partial charge in [-0.3, -0.25) is 14.9 Å². The maximum atomic E-state index is 12.2. The van der Waals surface area contributed by atoms with Gasteiger partial charge in [0.05, 0.1) is 16.4 Å². The number of unbranched alkanes of at least 4 members (excludes halogenated alkanes) is 1. The molecule has 7 nitrogen and oxygen atoms in total. The second-order valence-electron chi connectivity index (χ2n) is 5.83. The molecule has 0 spiro atoms. The average Bonchev–Trinajstić information content (AvgIpc) is 2.86. The molecule has 140 valence electrons. The lowest BCUT2D eigenvalue weighted by atomic mass is 10.2. The fourth-order valence-corrected chi connectivity index (χ4v) is 3.48. The number of carbonyl (C=O) groups is 1. The zero-order chi connectivity index (χ0) is 19.3. The van der Waals surface area contributed by atoms with Gasteiger partial charge in [-0.25, -0.2) is 4.98 Å². The van der Waals surface area contributed by atoms with E-state index >= 15 is 0 Å². The van der Waals surface area contributed by atoms with Crippen LogP contribution in [-0.2, 0) is 11.3 Å². The molecule has 0 fully saturated rings. The zero-order valence-electron chi connectivity index (χ0n) is 14.9.